The molecule has 2 rings (SSSR count). The number of hydrogen-bond acceptors (Lipinski definition) is 4. The number of thioether (sulfide) groups is 1. The Labute approximate surface area is 116 Å². The monoisotopic (exact) mass is 279 g/mol. The lowest BCUT2D eigenvalue weighted by molar-refractivity contribution is 0.0940. The van der Waals surface area contributed by atoms with Gasteiger partial charge < -0.3 is 16.3 Å². The predicted octanol–water partition coefficient (Wildman–Crippen LogP) is 1.66. The number of carbonyl (C=O) groups is 1. The minimum Gasteiger partial charge on any atom is -0.409 e. The van der Waals surface area contributed by atoms with Gasteiger partial charge in [0, 0.05) is 4.90 Å². The van der Waals surface area contributed by atoms with Crippen LogP contribution in [0.4, 0.5) is 0 Å². The summed E-state index contributed by atoms with van der Waals surface area (Å²) in [5, 5.41) is 14.6. The van der Waals surface area contributed by atoms with E-state index < -0.39 is 0 Å². The molecule has 1 amide bonds. The molecule has 1 unspecified atom stereocenters. The van der Waals surface area contributed by atoms with Crippen LogP contribution in [0.15, 0.2) is 34.3 Å². The van der Waals surface area contributed by atoms with Crippen molar-refractivity contribution in [3.63, 3.8) is 0 Å². The average Bonchev–Trinajstić information content (AvgIpc) is 3.28. The molecular weight excluding hydrogens is 262 g/mol. The first-order valence-electron chi connectivity index (χ1n) is 6.08. The quantitative estimate of drug-likeness (QED) is 0.251. The predicted molar refractivity (Wildman–Crippen MR) is 75.6 cm³/mol. The maximum absolute atomic E-state index is 12.3. The number of oxime groups is 1. The first-order chi connectivity index (χ1) is 9.17. The van der Waals surface area contributed by atoms with Gasteiger partial charge in [0.2, 0.25) is 0 Å². The zero-order valence-corrected chi connectivity index (χ0v) is 11.5. The minimum atomic E-state index is -0.382. The highest BCUT2D eigenvalue weighted by atomic mass is 32.2. The van der Waals surface area contributed by atoms with E-state index in [0.29, 0.717) is 5.56 Å². The lowest BCUT2D eigenvalue weighted by atomic mass is 10.1. The number of nitrogens with zero attached hydrogens (tertiary/aromatic N) is 1. The molecule has 0 spiro atoms. The molecule has 0 radical (unpaired) electrons. The maximum Gasteiger partial charge on any atom is 0.253 e. The van der Waals surface area contributed by atoms with E-state index in [-0.39, 0.29) is 23.7 Å². The summed E-state index contributed by atoms with van der Waals surface area (Å²) in [7, 11) is 0. The van der Waals surface area contributed by atoms with Crippen molar-refractivity contribution in [2.75, 3.05) is 6.26 Å². The summed E-state index contributed by atoms with van der Waals surface area (Å²) in [5.74, 6) is 0.159. The van der Waals surface area contributed by atoms with Crippen molar-refractivity contribution in [3.05, 3.63) is 29.8 Å². The molecule has 0 heterocycles. The molecule has 0 aromatic heterocycles. The van der Waals surface area contributed by atoms with Crippen molar-refractivity contribution in [1.82, 2.24) is 5.32 Å². The van der Waals surface area contributed by atoms with Gasteiger partial charge in [-0.3, -0.25) is 4.79 Å². The summed E-state index contributed by atoms with van der Waals surface area (Å²) in [4.78, 5) is 13.2. The number of amides is 1. The van der Waals surface area contributed by atoms with Gasteiger partial charge in [-0.1, -0.05) is 17.3 Å². The van der Waals surface area contributed by atoms with E-state index in [1.165, 1.54) is 11.8 Å². The summed E-state index contributed by atoms with van der Waals surface area (Å²) in [6, 6.07) is 7.01. The summed E-state index contributed by atoms with van der Waals surface area (Å²) in [6.45, 7) is 0. The Kier molecular flexibility index (Phi) is 4.31. The molecule has 1 aliphatic carbocycles. The highest BCUT2D eigenvalue weighted by Gasteiger charge is 2.35. The zero-order valence-electron chi connectivity index (χ0n) is 10.7. The minimum absolute atomic E-state index is 0.0671. The Morgan fingerprint density at radius 2 is 2.21 bits per heavy atom. The van der Waals surface area contributed by atoms with Crippen molar-refractivity contribution in [2.45, 2.75) is 23.8 Å². The molecule has 0 bridgehead atoms. The number of amidine groups is 1. The van der Waals surface area contributed by atoms with Crippen LogP contribution in [0.5, 0.6) is 0 Å². The van der Waals surface area contributed by atoms with Crippen LogP contribution < -0.4 is 11.1 Å². The van der Waals surface area contributed by atoms with E-state index >= 15 is 0 Å². The fourth-order valence-corrected chi connectivity index (χ4v) is 2.57. The topological polar surface area (TPSA) is 87.7 Å². The van der Waals surface area contributed by atoms with Gasteiger partial charge in [0.25, 0.3) is 5.91 Å². The second kappa shape index (κ2) is 5.97. The summed E-state index contributed by atoms with van der Waals surface area (Å²) < 4.78 is 0. The molecular formula is C13H17N3O2S. The fourth-order valence-electron chi connectivity index (χ4n) is 1.98. The molecule has 1 aromatic carbocycles. The second-order valence-corrected chi connectivity index (χ2v) is 5.36. The highest BCUT2D eigenvalue weighted by molar-refractivity contribution is 7.98. The van der Waals surface area contributed by atoms with Crippen LogP contribution in [0.3, 0.4) is 0 Å². The second-order valence-electron chi connectivity index (χ2n) is 4.51. The Balaban J connectivity index is 2.15. The van der Waals surface area contributed by atoms with E-state index in [9.17, 15) is 4.79 Å². The number of nitrogens with one attached hydrogen (secondary N) is 1. The molecule has 5 nitrogen and oxygen atoms in total. The third-order valence-electron chi connectivity index (χ3n) is 3.17. The van der Waals surface area contributed by atoms with E-state index in [0.717, 1.165) is 17.7 Å². The maximum atomic E-state index is 12.3. The van der Waals surface area contributed by atoms with Crippen molar-refractivity contribution >= 4 is 23.5 Å². The molecule has 1 fully saturated rings. The average molecular weight is 279 g/mol. The lowest BCUT2D eigenvalue weighted by Gasteiger charge is -2.17. The Morgan fingerprint density at radius 3 is 2.79 bits per heavy atom. The van der Waals surface area contributed by atoms with Gasteiger partial charge in [-0.2, -0.15) is 0 Å². The smallest absolute Gasteiger partial charge is 0.253 e. The van der Waals surface area contributed by atoms with Crippen LogP contribution in [-0.2, 0) is 0 Å². The molecule has 4 N–H and O–H groups in total. The van der Waals surface area contributed by atoms with Crippen molar-refractivity contribution in [1.29, 1.82) is 0 Å². The largest absolute Gasteiger partial charge is 0.409 e. The van der Waals surface area contributed by atoms with Crippen molar-refractivity contribution in [2.24, 2.45) is 16.8 Å². The first-order valence-corrected chi connectivity index (χ1v) is 7.31. The van der Waals surface area contributed by atoms with Crippen molar-refractivity contribution < 1.29 is 10.0 Å². The summed E-state index contributed by atoms with van der Waals surface area (Å²) >= 11 is 1.52. The third-order valence-corrected chi connectivity index (χ3v) is 3.96. The number of nitrogens with two attached hydrogens (primary N) is 1. The normalized spacial score (nSPS) is 17.0. The molecule has 0 aliphatic heterocycles. The van der Waals surface area contributed by atoms with Crippen LogP contribution in [0.2, 0.25) is 0 Å². The van der Waals surface area contributed by atoms with Gasteiger partial charge in [0.05, 0.1) is 11.6 Å². The van der Waals surface area contributed by atoms with Crippen LogP contribution in [-0.4, -0.2) is 29.2 Å². The Morgan fingerprint density at radius 1 is 1.53 bits per heavy atom. The van der Waals surface area contributed by atoms with Crippen LogP contribution in [0.1, 0.15) is 23.2 Å². The van der Waals surface area contributed by atoms with E-state index in [4.69, 9.17) is 10.9 Å². The number of benzene rings is 1. The van der Waals surface area contributed by atoms with Crippen molar-refractivity contribution in [3.8, 4) is 0 Å². The standard InChI is InChI=1S/C13H17N3O2S/c1-19-10-5-3-2-4-9(10)13(17)15-11(8-6-7-8)12(14)16-18/h2-5,8,11,18H,6-7H2,1H3,(H2,14,16)(H,15,17). The Hall–Kier alpha value is -1.69. The molecule has 1 aromatic rings. The van der Waals surface area contributed by atoms with Gasteiger partial charge in [0.1, 0.15) is 0 Å². The summed E-state index contributed by atoms with van der Waals surface area (Å²) in [6.07, 6.45) is 3.91. The number of hydrogen-bond donors (Lipinski definition) is 3. The molecule has 102 valence electrons. The number of rotatable bonds is 5. The van der Waals surface area contributed by atoms with Gasteiger partial charge in [0.15, 0.2) is 5.84 Å². The van der Waals surface area contributed by atoms with Crippen LogP contribution >= 0.6 is 11.8 Å². The lowest BCUT2D eigenvalue weighted by Crippen LogP contribution is -2.46. The number of carbonyl (C=O) groups excluding carboxylic acids is 1. The Bertz CT molecular complexity index is 500. The highest BCUT2D eigenvalue weighted by Crippen LogP contribution is 2.33. The zero-order chi connectivity index (χ0) is 13.8. The third kappa shape index (κ3) is 3.20. The fraction of sp³-hybridized carbons (Fsp3) is 0.385. The SMILES string of the molecule is CSc1ccccc1C(=O)NC(C(N)=NO)C1CC1. The van der Waals surface area contributed by atoms with Gasteiger partial charge in [-0.15, -0.1) is 11.8 Å². The van der Waals surface area contributed by atoms with Crippen LogP contribution in [0, 0.1) is 5.92 Å². The first kappa shape index (κ1) is 13.7. The molecule has 0 saturated heterocycles. The van der Waals surface area contributed by atoms with Crippen LogP contribution in [0.25, 0.3) is 0 Å². The van der Waals surface area contributed by atoms with Gasteiger partial charge >= 0.3 is 0 Å². The van der Waals surface area contributed by atoms with Gasteiger partial charge in [-0.25, -0.2) is 0 Å². The molecule has 6 heteroatoms. The van der Waals surface area contributed by atoms with Gasteiger partial charge in [-0.05, 0) is 37.1 Å². The molecule has 1 saturated carbocycles. The van der Waals surface area contributed by atoms with E-state index in [1.54, 1.807) is 6.07 Å². The summed E-state index contributed by atoms with van der Waals surface area (Å²) in [5.41, 5.74) is 6.25. The molecule has 19 heavy (non-hydrogen) atoms. The van der Waals surface area contributed by atoms with E-state index in [2.05, 4.69) is 10.5 Å². The molecule has 1 atom stereocenters. The molecule has 1 aliphatic rings. The van der Waals surface area contributed by atoms with E-state index in [1.807, 2.05) is 24.5 Å².